The Kier molecular flexibility index (Phi) is 8.14. The number of nitrogens with zero attached hydrogens (tertiary/aromatic N) is 2. The Morgan fingerprint density at radius 3 is 2.47 bits per heavy atom. The summed E-state index contributed by atoms with van der Waals surface area (Å²) in [5, 5.41) is 0. The largest absolute Gasteiger partial charge is 1.00 e. The van der Waals surface area contributed by atoms with Crippen LogP contribution >= 0.6 is 0 Å². The van der Waals surface area contributed by atoms with E-state index in [1.54, 1.807) is 0 Å². The molecule has 92 valence electrons. The van der Waals surface area contributed by atoms with E-state index in [1.807, 2.05) is 0 Å². The maximum atomic E-state index is 3.34. The molecule has 0 aromatic rings. The Balaban J connectivity index is 0.00000144. The third kappa shape index (κ3) is 5.43. The second kappa shape index (κ2) is 8.46. The quantitative estimate of drug-likeness (QED) is 0.481. The molecule has 0 radical (unpaired) electrons. The molecule has 0 amide bonds. The van der Waals surface area contributed by atoms with Crippen molar-refractivity contribution in [3.8, 4) is 0 Å². The zero-order valence-corrected chi connectivity index (χ0v) is 14.9. The fourth-order valence-corrected chi connectivity index (χ4v) is 2.58. The van der Waals surface area contributed by atoms with Gasteiger partial charge >= 0.3 is 51.4 Å². The molecule has 1 aliphatic carbocycles. The minimum atomic E-state index is 0. The summed E-state index contributed by atoms with van der Waals surface area (Å²) in [6.45, 7) is 10.9. The molecular formula is C14H25KN2. The molecule has 2 aliphatic rings. The zero-order valence-electron chi connectivity index (χ0n) is 11.8. The molecule has 0 aromatic carbocycles. The third-order valence-corrected chi connectivity index (χ3v) is 3.79. The van der Waals surface area contributed by atoms with Gasteiger partial charge in [0.25, 0.3) is 0 Å². The van der Waals surface area contributed by atoms with Gasteiger partial charge in [0.05, 0.1) is 0 Å². The minimum Gasteiger partial charge on any atom is -0.499 e. The summed E-state index contributed by atoms with van der Waals surface area (Å²) in [6.07, 6.45) is 9.43. The van der Waals surface area contributed by atoms with Crippen LogP contribution in [-0.2, 0) is 0 Å². The Labute approximate surface area is 149 Å². The average molecular weight is 260 g/mol. The molecular weight excluding hydrogens is 235 g/mol. The van der Waals surface area contributed by atoms with E-state index in [-0.39, 0.29) is 51.4 Å². The molecule has 1 fully saturated rings. The first kappa shape index (κ1) is 16.4. The summed E-state index contributed by atoms with van der Waals surface area (Å²) >= 11 is 0. The maximum absolute atomic E-state index is 3.34. The van der Waals surface area contributed by atoms with Crippen molar-refractivity contribution < 1.29 is 51.4 Å². The first-order chi connectivity index (χ1) is 7.75. The van der Waals surface area contributed by atoms with Gasteiger partial charge in [0.1, 0.15) is 0 Å². The van der Waals surface area contributed by atoms with E-state index in [0.717, 1.165) is 12.3 Å². The SMILES string of the molecule is CC(C)CCN1CCN(C2C=[C-]CC2)CC1.[K+]. The van der Waals surface area contributed by atoms with Gasteiger partial charge in [0.2, 0.25) is 0 Å². The van der Waals surface area contributed by atoms with Crippen molar-refractivity contribution in [3.05, 3.63) is 12.2 Å². The van der Waals surface area contributed by atoms with Crippen molar-refractivity contribution in [2.24, 2.45) is 5.92 Å². The van der Waals surface area contributed by atoms with Gasteiger partial charge < -0.3 is 11.0 Å². The van der Waals surface area contributed by atoms with Crippen LogP contribution in [0.2, 0.25) is 0 Å². The normalized spacial score (nSPS) is 26.4. The Bertz CT molecular complexity index is 232. The van der Waals surface area contributed by atoms with E-state index in [2.05, 4.69) is 35.8 Å². The third-order valence-electron chi connectivity index (χ3n) is 3.79. The van der Waals surface area contributed by atoms with Gasteiger partial charge in [-0.05, 0) is 24.9 Å². The molecule has 1 aliphatic heterocycles. The van der Waals surface area contributed by atoms with Crippen LogP contribution in [0.5, 0.6) is 0 Å². The van der Waals surface area contributed by atoms with Gasteiger partial charge in [-0.3, -0.25) is 11.0 Å². The maximum Gasteiger partial charge on any atom is 1.00 e. The van der Waals surface area contributed by atoms with Gasteiger partial charge in [-0.25, -0.2) is 0 Å². The van der Waals surface area contributed by atoms with Gasteiger partial charge in [-0.15, -0.1) is 0 Å². The topological polar surface area (TPSA) is 6.48 Å². The van der Waals surface area contributed by atoms with Crippen molar-refractivity contribution in [2.45, 2.75) is 39.2 Å². The smallest absolute Gasteiger partial charge is 0.499 e. The van der Waals surface area contributed by atoms with Crippen LogP contribution in [0.3, 0.4) is 0 Å². The number of allylic oxidation sites excluding steroid dienone is 1. The predicted octanol–water partition coefficient (Wildman–Crippen LogP) is -0.824. The van der Waals surface area contributed by atoms with E-state index in [0.29, 0.717) is 6.04 Å². The predicted molar refractivity (Wildman–Crippen MR) is 68.3 cm³/mol. The van der Waals surface area contributed by atoms with E-state index < -0.39 is 0 Å². The zero-order chi connectivity index (χ0) is 11.4. The van der Waals surface area contributed by atoms with Gasteiger partial charge in [0, 0.05) is 26.2 Å². The van der Waals surface area contributed by atoms with Crippen molar-refractivity contribution in [3.63, 3.8) is 0 Å². The first-order valence-electron chi connectivity index (χ1n) is 6.79. The van der Waals surface area contributed by atoms with Crippen LogP contribution in [0.1, 0.15) is 33.1 Å². The second-order valence-electron chi connectivity index (χ2n) is 5.54. The molecule has 3 heteroatoms. The Morgan fingerprint density at radius 1 is 1.24 bits per heavy atom. The van der Waals surface area contributed by atoms with Gasteiger partial charge in [-0.1, -0.05) is 20.3 Å². The van der Waals surface area contributed by atoms with E-state index in [4.69, 9.17) is 0 Å². The summed E-state index contributed by atoms with van der Waals surface area (Å²) in [5.41, 5.74) is 0. The summed E-state index contributed by atoms with van der Waals surface area (Å²) in [4.78, 5) is 5.25. The minimum absolute atomic E-state index is 0. The van der Waals surface area contributed by atoms with Crippen molar-refractivity contribution in [1.29, 1.82) is 0 Å². The number of piperazine rings is 1. The summed E-state index contributed by atoms with van der Waals surface area (Å²) in [6, 6.07) is 0.701. The average Bonchev–Trinajstić information content (AvgIpc) is 2.80. The van der Waals surface area contributed by atoms with E-state index >= 15 is 0 Å². The first-order valence-corrected chi connectivity index (χ1v) is 6.79. The Morgan fingerprint density at radius 2 is 1.94 bits per heavy atom. The fraction of sp³-hybridized carbons (Fsp3) is 0.857. The molecule has 2 nitrogen and oxygen atoms in total. The fourth-order valence-electron chi connectivity index (χ4n) is 2.58. The monoisotopic (exact) mass is 260 g/mol. The Hall–Kier alpha value is 1.30. The van der Waals surface area contributed by atoms with Crippen LogP contribution in [0.25, 0.3) is 0 Å². The second-order valence-corrected chi connectivity index (χ2v) is 5.54. The summed E-state index contributed by atoms with van der Waals surface area (Å²) in [7, 11) is 0. The van der Waals surface area contributed by atoms with Crippen LogP contribution in [0, 0.1) is 12.0 Å². The molecule has 1 unspecified atom stereocenters. The van der Waals surface area contributed by atoms with Crippen molar-refractivity contribution in [2.75, 3.05) is 32.7 Å². The van der Waals surface area contributed by atoms with E-state index in [9.17, 15) is 0 Å². The summed E-state index contributed by atoms with van der Waals surface area (Å²) < 4.78 is 0. The molecule has 1 atom stereocenters. The molecule has 1 heterocycles. The molecule has 0 saturated carbocycles. The molecule has 0 N–H and O–H groups in total. The van der Waals surface area contributed by atoms with E-state index in [1.165, 1.54) is 45.6 Å². The van der Waals surface area contributed by atoms with Crippen LogP contribution in [0.4, 0.5) is 0 Å². The van der Waals surface area contributed by atoms with Crippen LogP contribution in [-0.4, -0.2) is 48.6 Å². The molecule has 0 aromatic heterocycles. The standard InChI is InChI=1S/C14H25N2.K/c1-13(2)7-8-15-9-11-16(12-10-15)14-5-3-4-6-14;/h6,13-14H,3,5,7-12H2,1-2H3;/q-1;+1. The van der Waals surface area contributed by atoms with Gasteiger partial charge in [-0.2, -0.15) is 6.42 Å². The summed E-state index contributed by atoms with van der Waals surface area (Å²) in [5.74, 6) is 0.838. The van der Waals surface area contributed by atoms with Crippen LogP contribution < -0.4 is 51.4 Å². The number of hydrogen-bond donors (Lipinski definition) is 0. The molecule has 2 rings (SSSR count). The number of hydrogen-bond acceptors (Lipinski definition) is 2. The van der Waals surface area contributed by atoms with Gasteiger partial charge in [0.15, 0.2) is 0 Å². The molecule has 1 saturated heterocycles. The van der Waals surface area contributed by atoms with Crippen LogP contribution in [0.15, 0.2) is 6.08 Å². The molecule has 0 spiro atoms. The van der Waals surface area contributed by atoms with Crippen molar-refractivity contribution >= 4 is 0 Å². The van der Waals surface area contributed by atoms with Crippen molar-refractivity contribution in [1.82, 2.24) is 9.80 Å². The molecule has 0 bridgehead atoms. The number of rotatable bonds is 4. The molecule has 17 heavy (non-hydrogen) atoms.